The fourth-order valence-electron chi connectivity index (χ4n) is 8.39. The van der Waals surface area contributed by atoms with Gasteiger partial charge in [-0.25, -0.2) is 0 Å². The van der Waals surface area contributed by atoms with E-state index in [9.17, 15) is 14.4 Å². The molecular formula is C55H106O6. The summed E-state index contributed by atoms with van der Waals surface area (Å²) in [5.74, 6) is -0.0101. The van der Waals surface area contributed by atoms with E-state index in [1.165, 1.54) is 205 Å². The number of ether oxygens (including phenoxy) is 3. The summed E-state index contributed by atoms with van der Waals surface area (Å²) in [6, 6.07) is 0. The molecular weight excluding hydrogens is 757 g/mol. The number of carbonyl (C=O) groups excluding carboxylic acids is 3. The molecule has 6 heteroatoms. The molecule has 0 N–H and O–H groups in total. The average Bonchev–Trinajstić information content (AvgIpc) is 3.24. The SMILES string of the molecule is CCCCCCCCCCCCCCCCCCCCCC(=O)OC[C@H](COC(=O)CCCCCCCCCCCCCCC(C)C)OC(=O)CCCCCCCCCCC. The number of unbranched alkanes of at least 4 members (excludes halogenated alkanes) is 37. The summed E-state index contributed by atoms with van der Waals surface area (Å²) in [6.45, 7) is 9.02. The third kappa shape index (κ3) is 49.3. The average molecular weight is 863 g/mol. The molecule has 0 saturated carbocycles. The Balaban J connectivity index is 4.19. The molecule has 362 valence electrons. The van der Waals surface area contributed by atoms with Crippen LogP contribution in [0.1, 0.15) is 310 Å². The largest absolute Gasteiger partial charge is 0.462 e. The standard InChI is InChI=1S/C55H106O6/c1-5-7-9-11-13-15-16-17-18-19-20-21-22-23-27-31-34-38-42-46-53(56)59-49-52(61-55(58)48-44-40-36-29-14-12-10-8-6-2)50-60-54(57)47-43-39-35-32-28-25-24-26-30-33-37-41-45-51(3)4/h51-52H,5-50H2,1-4H3/t52-/m1/s1. The van der Waals surface area contributed by atoms with E-state index in [0.29, 0.717) is 19.3 Å². The van der Waals surface area contributed by atoms with Crippen LogP contribution in [0, 0.1) is 5.92 Å². The Morgan fingerprint density at radius 1 is 0.311 bits per heavy atom. The van der Waals surface area contributed by atoms with Gasteiger partial charge in [-0.15, -0.1) is 0 Å². The monoisotopic (exact) mass is 863 g/mol. The molecule has 0 aliphatic carbocycles. The van der Waals surface area contributed by atoms with Crippen molar-refractivity contribution in [2.75, 3.05) is 13.2 Å². The maximum Gasteiger partial charge on any atom is 0.306 e. The van der Waals surface area contributed by atoms with Gasteiger partial charge in [0.2, 0.25) is 0 Å². The van der Waals surface area contributed by atoms with Crippen LogP contribution in [0.3, 0.4) is 0 Å². The van der Waals surface area contributed by atoms with Crippen LogP contribution in [-0.4, -0.2) is 37.2 Å². The molecule has 0 radical (unpaired) electrons. The summed E-state index contributed by atoms with van der Waals surface area (Å²) in [5, 5.41) is 0. The smallest absolute Gasteiger partial charge is 0.306 e. The summed E-state index contributed by atoms with van der Waals surface area (Å²) >= 11 is 0. The van der Waals surface area contributed by atoms with E-state index < -0.39 is 6.10 Å². The molecule has 0 aliphatic heterocycles. The molecule has 1 atom stereocenters. The number of rotatable bonds is 50. The molecule has 0 unspecified atom stereocenters. The molecule has 6 nitrogen and oxygen atoms in total. The quantitative estimate of drug-likeness (QED) is 0.0344. The summed E-state index contributed by atoms with van der Waals surface area (Å²) in [4.78, 5) is 37.9. The molecule has 0 saturated heterocycles. The van der Waals surface area contributed by atoms with Gasteiger partial charge in [0.15, 0.2) is 6.10 Å². The van der Waals surface area contributed by atoms with Crippen LogP contribution in [0.25, 0.3) is 0 Å². The van der Waals surface area contributed by atoms with E-state index in [1.54, 1.807) is 0 Å². The first-order valence-corrected chi connectivity index (χ1v) is 27.4. The van der Waals surface area contributed by atoms with E-state index in [4.69, 9.17) is 14.2 Å². The Bertz CT molecular complexity index is 918. The van der Waals surface area contributed by atoms with Crippen molar-refractivity contribution in [2.24, 2.45) is 5.92 Å². The third-order valence-electron chi connectivity index (χ3n) is 12.5. The first-order chi connectivity index (χ1) is 29.9. The molecule has 61 heavy (non-hydrogen) atoms. The molecule has 0 fully saturated rings. The second-order valence-electron chi connectivity index (χ2n) is 19.3. The van der Waals surface area contributed by atoms with Crippen LogP contribution in [0.5, 0.6) is 0 Å². The minimum atomic E-state index is -0.760. The minimum absolute atomic E-state index is 0.0626. The highest BCUT2D eigenvalue weighted by Crippen LogP contribution is 2.17. The Kier molecular flexibility index (Phi) is 48.1. The van der Waals surface area contributed by atoms with Gasteiger partial charge >= 0.3 is 17.9 Å². The number of carbonyl (C=O) groups is 3. The third-order valence-corrected chi connectivity index (χ3v) is 12.5. The lowest BCUT2D eigenvalue weighted by molar-refractivity contribution is -0.167. The van der Waals surface area contributed by atoms with Crippen molar-refractivity contribution in [1.29, 1.82) is 0 Å². The summed E-state index contributed by atoms with van der Waals surface area (Å²) < 4.78 is 16.8. The van der Waals surface area contributed by atoms with Crippen LogP contribution < -0.4 is 0 Å². The summed E-state index contributed by atoms with van der Waals surface area (Å²) in [6.07, 6.45) is 52.4. The van der Waals surface area contributed by atoms with Gasteiger partial charge in [-0.05, 0) is 25.2 Å². The zero-order valence-corrected chi connectivity index (χ0v) is 41.6. The van der Waals surface area contributed by atoms with Gasteiger partial charge < -0.3 is 14.2 Å². The van der Waals surface area contributed by atoms with Crippen LogP contribution in [0.4, 0.5) is 0 Å². The topological polar surface area (TPSA) is 78.9 Å². The maximum atomic E-state index is 12.7. The Morgan fingerprint density at radius 2 is 0.541 bits per heavy atom. The van der Waals surface area contributed by atoms with E-state index in [2.05, 4.69) is 27.7 Å². The highest BCUT2D eigenvalue weighted by atomic mass is 16.6. The van der Waals surface area contributed by atoms with Crippen molar-refractivity contribution in [3.8, 4) is 0 Å². The van der Waals surface area contributed by atoms with Crippen LogP contribution >= 0.6 is 0 Å². The van der Waals surface area contributed by atoms with E-state index in [1.807, 2.05) is 0 Å². The van der Waals surface area contributed by atoms with Crippen molar-refractivity contribution in [3.05, 3.63) is 0 Å². The van der Waals surface area contributed by atoms with Gasteiger partial charge in [-0.1, -0.05) is 272 Å². The first kappa shape index (κ1) is 59.4. The lowest BCUT2D eigenvalue weighted by Gasteiger charge is -2.18. The van der Waals surface area contributed by atoms with Gasteiger partial charge in [0.25, 0.3) is 0 Å². The Hall–Kier alpha value is -1.59. The fourth-order valence-corrected chi connectivity index (χ4v) is 8.39. The molecule has 0 amide bonds. The molecule has 0 spiro atoms. The Morgan fingerprint density at radius 3 is 0.803 bits per heavy atom. The number of hydrogen-bond donors (Lipinski definition) is 0. The van der Waals surface area contributed by atoms with Crippen LogP contribution in [0.2, 0.25) is 0 Å². The van der Waals surface area contributed by atoms with Crippen molar-refractivity contribution < 1.29 is 28.6 Å². The molecule has 0 aromatic carbocycles. The first-order valence-electron chi connectivity index (χ1n) is 27.4. The molecule has 0 aromatic heterocycles. The molecule has 0 aromatic rings. The molecule has 0 aliphatic rings. The second kappa shape index (κ2) is 49.4. The zero-order chi connectivity index (χ0) is 44.5. The van der Waals surface area contributed by atoms with Gasteiger partial charge in [0.1, 0.15) is 13.2 Å². The zero-order valence-electron chi connectivity index (χ0n) is 41.6. The second-order valence-corrected chi connectivity index (χ2v) is 19.3. The maximum absolute atomic E-state index is 12.7. The number of esters is 3. The van der Waals surface area contributed by atoms with Crippen LogP contribution in [-0.2, 0) is 28.6 Å². The molecule has 0 bridgehead atoms. The van der Waals surface area contributed by atoms with Gasteiger partial charge in [-0.3, -0.25) is 14.4 Å². The van der Waals surface area contributed by atoms with Crippen molar-refractivity contribution in [2.45, 2.75) is 316 Å². The Labute approximate surface area is 380 Å². The van der Waals surface area contributed by atoms with Crippen molar-refractivity contribution in [3.63, 3.8) is 0 Å². The summed E-state index contributed by atoms with van der Waals surface area (Å²) in [5.41, 5.74) is 0. The predicted molar refractivity (Wildman–Crippen MR) is 261 cm³/mol. The lowest BCUT2D eigenvalue weighted by atomic mass is 10.0. The summed E-state index contributed by atoms with van der Waals surface area (Å²) in [7, 11) is 0. The molecule has 0 heterocycles. The minimum Gasteiger partial charge on any atom is -0.462 e. The highest BCUT2D eigenvalue weighted by molar-refractivity contribution is 5.71. The fraction of sp³-hybridized carbons (Fsp3) is 0.945. The van der Waals surface area contributed by atoms with Gasteiger partial charge in [0.05, 0.1) is 0 Å². The normalized spacial score (nSPS) is 12.0. The van der Waals surface area contributed by atoms with Crippen molar-refractivity contribution >= 4 is 17.9 Å². The van der Waals surface area contributed by atoms with E-state index >= 15 is 0 Å². The van der Waals surface area contributed by atoms with E-state index in [0.717, 1.165) is 63.7 Å². The van der Waals surface area contributed by atoms with E-state index in [-0.39, 0.29) is 31.1 Å². The highest BCUT2D eigenvalue weighted by Gasteiger charge is 2.19. The predicted octanol–water partition coefficient (Wildman–Crippen LogP) is 17.8. The van der Waals surface area contributed by atoms with Crippen LogP contribution in [0.15, 0.2) is 0 Å². The van der Waals surface area contributed by atoms with Gasteiger partial charge in [0, 0.05) is 19.3 Å². The number of hydrogen-bond acceptors (Lipinski definition) is 6. The molecule has 0 rings (SSSR count). The lowest BCUT2D eigenvalue weighted by Crippen LogP contribution is -2.30. The van der Waals surface area contributed by atoms with Crippen molar-refractivity contribution in [1.82, 2.24) is 0 Å². The van der Waals surface area contributed by atoms with Gasteiger partial charge in [-0.2, -0.15) is 0 Å².